The summed E-state index contributed by atoms with van der Waals surface area (Å²) < 4.78 is 30.8. The first-order valence-electron chi connectivity index (χ1n) is 7.56. The third-order valence-corrected chi connectivity index (χ3v) is 5.47. The van der Waals surface area contributed by atoms with Gasteiger partial charge in [0.05, 0.1) is 19.0 Å². The average Bonchev–Trinajstić information content (AvgIpc) is 2.56. The number of hydrogen-bond donors (Lipinski definition) is 1. The molecule has 0 spiro atoms. The first kappa shape index (κ1) is 17.7. The summed E-state index contributed by atoms with van der Waals surface area (Å²) in [6.45, 7) is 3.54. The highest BCUT2D eigenvalue weighted by molar-refractivity contribution is 7.89. The number of morpholine rings is 1. The lowest BCUT2D eigenvalue weighted by Gasteiger charge is -2.25. The van der Waals surface area contributed by atoms with Gasteiger partial charge in [-0.25, -0.2) is 8.42 Å². The summed E-state index contributed by atoms with van der Waals surface area (Å²) in [6.07, 6.45) is 1.48. The van der Waals surface area contributed by atoms with E-state index >= 15 is 0 Å². The molecular formula is C16H22N2O4S. The smallest absolute Gasteiger partial charge is 0.244 e. The Bertz CT molecular complexity index is 650. The summed E-state index contributed by atoms with van der Waals surface area (Å²) in [5.74, 6) is -0.389. The van der Waals surface area contributed by atoms with Gasteiger partial charge in [0.15, 0.2) is 0 Å². The largest absolute Gasteiger partial charge is 0.379 e. The lowest BCUT2D eigenvalue weighted by molar-refractivity contribution is -0.116. The number of benzene rings is 1. The first-order chi connectivity index (χ1) is 11.0. The number of carbonyl (C=O) groups is 1. The van der Waals surface area contributed by atoms with Gasteiger partial charge in [-0.05, 0) is 18.1 Å². The molecule has 6 nitrogen and oxygen atoms in total. The van der Waals surface area contributed by atoms with Gasteiger partial charge in [0.25, 0.3) is 0 Å². The molecule has 1 aliphatic heterocycles. The van der Waals surface area contributed by atoms with E-state index in [4.69, 9.17) is 4.74 Å². The van der Waals surface area contributed by atoms with E-state index in [1.54, 1.807) is 0 Å². The van der Waals surface area contributed by atoms with E-state index < -0.39 is 10.0 Å². The van der Waals surface area contributed by atoms with Crippen molar-refractivity contribution in [3.05, 3.63) is 42.0 Å². The van der Waals surface area contributed by atoms with Gasteiger partial charge in [-0.15, -0.1) is 0 Å². The van der Waals surface area contributed by atoms with Crippen molar-refractivity contribution in [3.8, 4) is 0 Å². The minimum absolute atomic E-state index is 0.0943. The van der Waals surface area contributed by atoms with Crippen LogP contribution in [0.3, 0.4) is 0 Å². The fourth-order valence-corrected chi connectivity index (χ4v) is 3.61. The number of allylic oxidation sites excluding steroid dienone is 1. The van der Waals surface area contributed by atoms with Gasteiger partial charge in [-0.3, -0.25) is 4.79 Å². The lowest BCUT2D eigenvalue weighted by Crippen LogP contribution is -2.43. The molecule has 1 heterocycles. The fourth-order valence-electron chi connectivity index (χ4n) is 2.29. The Labute approximate surface area is 137 Å². The van der Waals surface area contributed by atoms with Crippen LogP contribution in [0.25, 0.3) is 5.57 Å². The zero-order chi connectivity index (χ0) is 16.7. The predicted octanol–water partition coefficient (Wildman–Crippen LogP) is 0.868. The zero-order valence-electron chi connectivity index (χ0n) is 13.2. The molecule has 0 bridgehead atoms. The van der Waals surface area contributed by atoms with Crippen LogP contribution in [0.15, 0.2) is 36.4 Å². The summed E-state index contributed by atoms with van der Waals surface area (Å²) in [5, 5.41) is 2.63. The normalized spacial score (nSPS) is 17.0. The quantitative estimate of drug-likeness (QED) is 0.781. The van der Waals surface area contributed by atoms with Gasteiger partial charge in [0.1, 0.15) is 0 Å². The van der Waals surface area contributed by atoms with E-state index in [0.717, 1.165) is 11.1 Å². The van der Waals surface area contributed by atoms with Crippen molar-refractivity contribution >= 4 is 21.5 Å². The highest BCUT2D eigenvalue weighted by Gasteiger charge is 2.23. The maximum absolute atomic E-state index is 12.1. The standard InChI is InChI=1S/C16H22N2O4S/c1-14(15-5-3-2-4-6-15)13-16(19)17-7-12-23(20,21)18-8-10-22-11-9-18/h2-6,13H,7-12H2,1H3,(H,17,19)/b14-13+. The molecular weight excluding hydrogens is 316 g/mol. The molecule has 126 valence electrons. The Morgan fingerprint density at radius 2 is 1.91 bits per heavy atom. The molecule has 1 fully saturated rings. The summed E-state index contributed by atoms with van der Waals surface area (Å²) in [6, 6.07) is 9.55. The van der Waals surface area contributed by atoms with Crippen molar-refractivity contribution < 1.29 is 17.9 Å². The van der Waals surface area contributed by atoms with Crippen LogP contribution in [0.2, 0.25) is 0 Å². The van der Waals surface area contributed by atoms with E-state index in [1.807, 2.05) is 37.3 Å². The number of amides is 1. The highest BCUT2D eigenvalue weighted by atomic mass is 32.2. The molecule has 1 N–H and O–H groups in total. The third-order valence-electron chi connectivity index (χ3n) is 3.60. The van der Waals surface area contributed by atoms with E-state index in [2.05, 4.69) is 5.32 Å². The molecule has 7 heteroatoms. The highest BCUT2D eigenvalue weighted by Crippen LogP contribution is 2.12. The van der Waals surface area contributed by atoms with Crippen molar-refractivity contribution in [2.45, 2.75) is 6.92 Å². The maximum atomic E-state index is 12.1. The SMILES string of the molecule is C/C(=C\C(=O)NCCS(=O)(=O)N1CCOCC1)c1ccccc1. The minimum atomic E-state index is -3.34. The molecule has 0 radical (unpaired) electrons. The second-order valence-electron chi connectivity index (χ2n) is 5.31. The topological polar surface area (TPSA) is 75.7 Å². The van der Waals surface area contributed by atoms with Gasteiger partial charge in [0.2, 0.25) is 15.9 Å². The van der Waals surface area contributed by atoms with E-state index in [1.165, 1.54) is 10.4 Å². The molecule has 0 saturated carbocycles. The van der Waals surface area contributed by atoms with E-state index in [0.29, 0.717) is 26.3 Å². The Balaban J connectivity index is 1.82. The van der Waals surface area contributed by atoms with Crippen LogP contribution in [0.4, 0.5) is 0 Å². The second kappa shape index (κ2) is 8.24. The molecule has 1 aromatic rings. The molecule has 0 unspecified atom stereocenters. The Morgan fingerprint density at radius 1 is 1.26 bits per heavy atom. The number of hydrogen-bond acceptors (Lipinski definition) is 4. The van der Waals surface area contributed by atoms with Crippen molar-refractivity contribution in [3.63, 3.8) is 0 Å². The number of ether oxygens (including phenoxy) is 1. The molecule has 0 aromatic heterocycles. The van der Waals surface area contributed by atoms with Gasteiger partial charge in [-0.1, -0.05) is 30.3 Å². The predicted molar refractivity (Wildman–Crippen MR) is 89.3 cm³/mol. The molecule has 2 rings (SSSR count). The summed E-state index contributed by atoms with van der Waals surface area (Å²) in [4.78, 5) is 11.9. The maximum Gasteiger partial charge on any atom is 0.244 e. The Kier molecular flexibility index (Phi) is 6.32. The van der Waals surface area contributed by atoms with Crippen molar-refractivity contribution in [2.24, 2.45) is 0 Å². The van der Waals surface area contributed by atoms with E-state index in [-0.39, 0.29) is 18.2 Å². The summed E-state index contributed by atoms with van der Waals surface area (Å²) in [5.41, 5.74) is 1.79. The third kappa shape index (κ3) is 5.46. The fraction of sp³-hybridized carbons (Fsp3) is 0.438. The molecule has 0 aliphatic carbocycles. The number of carbonyl (C=O) groups excluding carboxylic acids is 1. The molecule has 1 amide bonds. The lowest BCUT2D eigenvalue weighted by atomic mass is 10.1. The van der Waals surface area contributed by atoms with Crippen LogP contribution in [0.1, 0.15) is 12.5 Å². The van der Waals surface area contributed by atoms with Gasteiger partial charge in [-0.2, -0.15) is 4.31 Å². The molecule has 0 atom stereocenters. The first-order valence-corrected chi connectivity index (χ1v) is 9.17. The molecule has 1 saturated heterocycles. The Morgan fingerprint density at radius 3 is 2.57 bits per heavy atom. The monoisotopic (exact) mass is 338 g/mol. The van der Waals surface area contributed by atoms with Crippen molar-refractivity contribution in [2.75, 3.05) is 38.6 Å². The Hall–Kier alpha value is -1.70. The minimum Gasteiger partial charge on any atom is -0.379 e. The summed E-state index contributed by atoms with van der Waals surface area (Å²) in [7, 11) is -3.34. The summed E-state index contributed by atoms with van der Waals surface area (Å²) >= 11 is 0. The molecule has 1 aromatic carbocycles. The van der Waals surface area contributed by atoms with Crippen LogP contribution < -0.4 is 5.32 Å². The van der Waals surface area contributed by atoms with Gasteiger partial charge in [0, 0.05) is 25.7 Å². The van der Waals surface area contributed by atoms with Gasteiger partial charge >= 0.3 is 0 Å². The molecule has 1 aliphatic rings. The number of rotatable bonds is 6. The van der Waals surface area contributed by atoms with Crippen molar-refractivity contribution in [1.82, 2.24) is 9.62 Å². The van der Waals surface area contributed by atoms with E-state index in [9.17, 15) is 13.2 Å². The van der Waals surface area contributed by atoms with Crippen LogP contribution >= 0.6 is 0 Å². The second-order valence-corrected chi connectivity index (χ2v) is 7.40. The number of nitrogens with zero attached hydrogens (tertiary/aromatic N) is 1. The number of sulfonamides is 1. The zero-order valence-corrected chi connectivity index (χ0v) is 14.0. The van der Waals surface area contributed by atoms with Crippen LogP contribution in [0, 0.1) is 0 Å². The number of nitrogens with one attached hydrogen (secondary N) is 1. The average molecular weight is 338 g/mol. The van der Waals surface area contributed by atoms with Crippen LogP contribution in [-0.4, -0.2) is 57.2 Å². The van der Waals surface area contributed by atoms with Crippen LogP contribution in [-0.2, 0) is 19.6 Å². The van der Waals surface area contributed by atoms with Gasteiger partial charge < -0.3 is 10.1 Å². The molecule has 23 heavy (non-hydrogen) atoms. The van der Waals surface area contributed by atoms with Crippen molar-refractivity contribution in [1.29, 1.82) is 0 Å². The van der Waals surface area contributed by atoms with Crippen LogP contribution in [0.5, 0.6) is 0 Å².